The minimum Gasteiger partial charge on any atom is -0.465 e. The molecule has 0 unspecified atom stereocenters. The Hall–Kier alpha value is -2.02. The average molecular weight is 546 g/mol. The number of ether oxygens (including phenoxy) is 1. The SMILES string of the molecule is N#CC1(NC(=O)O)CC1.O=S(=O)(c1ccccc1Cl)[C@@H]1CC[C@@H](OCc2ccc(Cl)c(Cl)c2)C1. The molecule has 2 saturated carbocycles. The number of nitriles is 1. The number of halogens is 3. The largest absolute Gasteiger partial charge is 0.465 e. The molecule has 11 heteroatoms. The highest BCUT2D eigenvalue weighted by molar-refractivity contribution is 7.92. The van der Waals surface area contributed by atoms with Gasteiger partial charge in [-0.1, -0.05) is 53.0 Å². The van der Waals surface area contributed by atoms with Crippen molar-refractivity contribution >= 4 is 50.7 Å². The van der Waals surface area contributed by atoms with Gasteiger partial charge < -0.3 is 15.2 Å². The van der Waals surface area contributed by atoms with E-state index in [4.69, 9.17) is 49.9 Å². The summed E-state index contributed by atoms with van der Waals surface area (Å²) >= 11 is 18.0. The second kappa shape index (κ2) is 11.1. The third-order valence-electron chi connectivity index (χ3n) is 5.70. The van der Waals surface area contributed by atoms with E-state index < -0.39 is 26.7 Å². The second-order valence-electron chi connectivity index (χ2n) is 8.22. The van der Waals surface area contributed by atoms with Gasteiger partial charge in [-0.05, 0) is 61.9 Å². The highest BCUT2D eigenvalue weighted by Gasteiger charge is 2.44. The van der Waals surface area contributed by atoms with E-state index in [9.17, 15) is 13.2 Å². The number of hydrogen-bond acceptors (Lipinski definition) is 5. The van der Waals surface area contributed by atoms with Crippen LogP contribution >= 0.6 is 34.8 Å². The number of nitrogens with zero attached hydrogens (tertiary/aromatic N) is 1. The maximum atomic E-state index is 12.8. The Kier molecular flexibility index (Phi) is 8.72. The first-order chi connectivity index (χ1) is 16.1. The van der Waals surface area contributed by atoms with Crippen LogP contribution < -0.4 is 5.32 Å². The van der Waals surface area contributed by atoms with Crippen LogP contribution in [0.4, 0.5) is 4.79 Å². The van der Waals surface area contributed by atoms with Crippen molar-refractivity contribution in [3.05, 3.63) is 63.1 Å². The van der Waals surface area contributed by atoms with Crippen molar-refractivity contribution in [2.75, 3.05) is 0 Å². The summed E-state index contributed by atoms with van der Waals surface area (Å²) in [6.07, 6.45) is 1.82. The molecule has 0 saturated heterocycles. The van der Waals surface area contributed by atoms with Gasteiger partial charge in [0.15, 0.2) is 9.84 Å². The van der Waals surface area contributed by atoms with Crippen molar-refractivity contribution in [3.63, 3.8) is 0 Å². The van der Waals surface area contributed by atoms with Gasteiger partial charge in [0.2, 0.25) is 0 Å². The van der Waals surface area contributed by atoms with Gasteiger partial charge in [0, 0.05) is 0 Å². The first kappa shape index (κ1) is 26.6. The lowest BCUT2D eigenvalue weighted by atomic mass is 10.2. The van der Waals surface area contributed by atoms with E-state index in [0.717, 1.165) is 5.56 Å². The number of amides is 1. The molecule has 2 atom stereocenters. The fourth-order valence-corrected chi connectivity index (χ4v) is 6.29. The number of nitrogens with one attached hydrogen (secondary N) is 1. The molecule has 0 aromatic heterocycles. The third-order valence-corrected chi connectivity index (χ3v) is 9.15. The Bertz CT molecular complexity index is 1200. The van der Waals surface area contributed by atoms with Crippen LogP contribution in [0.2, 0.25) is 15.1 Å². The summed E-state index contributed by atoms with van der Waals surface area (Å²) in [5.74, 6) is 0. The minimum absolute atomic E-state index is 0.100. The van der Waals surface area contributed by atoms with Crippen LogP contribution in [0.25, 0.3) is 0 Å². The Morgan fingerprint density at radius 1 is 1.12 bits per heavy atom. The van der Waals surface area contributed by atoms with Crippen molar-refractivity contribution in [2.45, 2.75) is 60.5 Å². The van der Waals surface area contributed by atoms with E-state index in [2.05, 4.69) is 5.32 Å². The molecule has 2 aromatic carbocycles. The van der Waals surface area contributed by atoms with E-state index in [1.165, 1.54) is 0 Å². The number of hydrogen-bond donors (Lipinski definition) is 2. The average Bonchev–Trinajstić information content (AvgIpc) is 3.38. The summed E-state index contributed by atoms with van der Waals surface area (Å²) in [5.41, 5.74) is 0.179. The molecule has 0 aliphatic heterocycles. The number of sulfone groups is 1. The normalized spacial score (nSPS) is 20.5. The first-order valence-corrected chi connectivity index (χ1v) is 13.2. The highest BCUT2D eigenvalue weighted by atomic mass is 35.5. The van der Waals surface area contributed by atoms with Crippen molar-refractivity contribution in [1.29, 1.82) is 5.26 Å². The van der Waals surface area contributed by atoms with Crippen molar-refractivity contribution in [3.8, 4) is 6.07 Å². The monoisotopic (exact) mass is 544 g/mol. The summed E-state index contributed by atoms with van der Waals surface area (Å²) in [7, 11) is -3.45. The van der Waals surface area contributed by atoms with Gasteiger partial charge in [0.1, 0.15) is 5.54 Å². The van der Waals surface area contributed by atoms with Crippen LogP contribution in [0.15, 0.2) is 47.4 Å². The lowest BCUT2D eigenvalue weighted by molar-refractivity contribution is 0.0458. The molecule has 2 aliphatic carbocycles. The van der Waals surface area contributed by atoms with Gasteiger partial charge in [-0.3, -0.25) is 0 Å². The molecule has 0 heterocycles. The molecule has 2 fully saturated rings. The van der Waals surface area contributed by atoms with Crippen LogP contribution in [0.1, 0.15) is 37.7 Å². The van der Waals surface area contributed by atoms with E-state index in [-0.39, 0.29) is 16.0 Å². The topological polar surface area (TPSA) is 116 Å². The molecule has 182 valence electrons. The molecule has 2 aromatic rings. The number of carbonyl (C=O) groups is 1. The summed E-state index contributed by atoms with van der Waals surface area (Å²) in [6, 6.07) is 13.8. The lowest BCUT2D eigenvalue weighted by Gasteiger charge is -2.14. The fraction of sp³-hybridized carbons (Fsp3) is 0.391. The molecule has 2 aliphatic rings. The molecule has 0 bridgehead atoms. The van der Waals surface area contributed by atoms with Gasteiger partial charge in [0.05, 0.1) is 44.0 Å². The third kappa shape index (κ3) is 6.77. The van der Waals surface area contributed by atoms with Crippen LogP contribution in [0.3, 0.4) is 0 Å². The fourth-order valence-electron chi connectivity index (χ4n) is 3.63. The zero-order valence-electron chi connectivity index (χ0n) is 18.0. The standard InChI is InChI=1S/C18H17Cl3O3S.C5H6N2O2/c19-15-8-5-12(9-17(15)21)11-24-13-6-7-14(10-13)25(22,23)18-4-2-1-3-16(18)20;6-3-5(1-2-5)7-4(8)9/h1-5,8-9,13-14H,6-7,10-11H2;7H,1-2H2,(H,8,9)/t13-,14-;/m1./s1. The zero-order chi connectivity index (χ0) is 24.9. The molecular formula is C23H23Cl3N2O5S. The minimum atomic E-state index is -3.45. The Balaban J connectivity index is 0.000000302. The molecule has 0 spiro atoms. The molecule has 2 N–H and O–H groups in total. The van der Waals surface area contributed by atoms with E-state index in [0.29, 0.717) is 48.8 Å². The van der Waals surface area contributed by atoms with Gasteiger partial charge in [-0.15, -0.1) is 0 Å². The summed E-state index contributed by atoms with van der Waals surface area (Å²) in [4.78, 5) is 10.2. The van der Waals surface area contributed by atoms with Gasteiger partial charge in [0.25, 0.3) is 0 Å². The lowest BCUT2D eigenvalue weighted by Crippen LogP contribution is -2.33. The van der Waals surface area contributed by atoms with Crippen LogP contribution in [-0.2, 0) is 21.2 Å². The molecule has 0 radical (unpaired) electrons. The van der Waals surface area contributed by atoms with Crippen molar-refractivity contribution in [1.82, 2.24) is 5.32 Å². The van der Waals surface area contributed by atoms with Crippen LogP contribution in [0.5, 0.6) is 0 Å². The second-order valence-corrected chi connectivity index (χ2v) is 11.6. The van der Waals surface area contributed by atoms with Crippen molar-refractivity contribution < 1.29 is 23.1 Å². The number of rotatable bonds is 6. The molecule has 1 amide bonds. The van der Waals surface area contributed by atoms with E-state index in [1.807, 2.05) is 12.1 Å². The van der Waals surface area contributed by atoms with Gasteiger partial charge in [-0.25, -0.2) is 13.2 Å². The van der Waals surface area contributed by atoms with E-state index >= 15 is 0 Å². The number of benzene rings is 2. The van der Waals surface area contributed by atoms with Crippen LogP contribution in [0, 0.1) is 11.3 Å². The molecular weight excluding hydrogens is 523 g/mol. The van der Waals surface area contributed by atoms with Crippen molar-refractivity contribution in [2.24, 2.45) is 0 Å². The molecule has 4 rings (SSSR count). The highest BCUT2D eigenvalue weighted by Crippen LogP contribution is 2.35. The first-order valence-electron chi connectivity index (χ1n) is 10.5. The Labute approximate surface area is 213 Å². The molecule has 7 nitrogen and oxygen atoms in total. The maximum absolute atomic E-state index is 12.8. The maximum Gasteiger partial charge on any atom is 0.405 e. The summed E-state index contributed by atoms with van der Waals surface area (Å²) in [6.45, 7) is 0.375. The quantitative estimate of drug-likeness (QED) is 0.469. The predicted molar refractivity (Wildman–Crippen MR) is 130 cm³/mol. The van der Waals surface area contributed by atoms with E-state index in [1.54, 1.807) is 36.4 Å². The predicted octanol–water partition coefficient (Wildman–Crippen LogP) is 5.87. The van der Waals surface area contributed by atoms with Crippen LogP contribution in [-0.4, -0.2) is 36.5 Å². The van der Waals surface area contributed by atoms with Gasteiger partial charge in [-0.2, -0.15) is 5.26 Å². The zero-order valence-corrected chi connectivity index (χ0v) is 21.1. The Morgan fingerprint density at radius 2 is 1.82 bits per heavy atom. The summed E-state index contributed by atoms with van der Waals surface area (Å²) in [5, 5.41) is 19.4. The summed E-state index contributed by atoms with van der Waals surface area (Å²) < 4.78 is 31.4. The number of carboxylic acid groups (broad SMARTS) is 1. The molecule has 34 heavy (non-hydrogen) atoms. The smallest absolute Gasteiger partial charge is 0.405 e. The Morgan fingerprint density at radius 3 is 2.38 bits per heavy atom. The van der Waals surface area contributed by atoms with Gasteiger partial charge >= 0.3 is 6.09 Å².